The van der Waals surface area contributed by atoms with Crippen LogP contribution in [0.4, 0.5) is 0 Å². The number of nitrogens with zero attached hydrogens (tertiary/aromatic N) is 4. The van der Waals surface area contributed by atoms with E-state index in [1.807, 2.05) is 34.2 Å². The first-order valence-corrected chi connectivity index (χ1v) is 7.57. The molecule has 6 heteroatoms. The van der Waals surface area contributed by atoms with Gasteiger partial charge in [-0.1, -0.05) is 0 Å². The molecule has 0 saturated carbocycles. The lowest BCUT2D eigenvalue weighted by Gasteiger charge is -2.32. The Morgan fingerprint density at radius 2 is 2.43 bits per heavy atom. The molecule has 0 radical (unpaired) electrons. The van der Waals surface area contributed by atoms with Gasteiger partial charge in [0.2, 0.25) is 5.91 Å². The molecule has 1 atom stereocenters. The second-order valence-corrected chi connectivity index (χ2v) is 5.58. The zero-order valence-electron chi connectivity index (χ0n) is 12.1. The molecule has 0 aromatic carbocycles. The van der Waals surface area contributed by atoms with E-state index in [4.69, 9.17) is 0 Å². The average Bonchev–Trinajstić information content (AvgIpc) is 3.21. The Labute approximate surface area is 124 Å². The van der Waals surface area contributed by atoms with Crippen molar-refractivity contribution in [3.05, 3.63) is 36.4 Å². The first-order chi connectivity index (χ1) is 10.3. The number of rotatable bonds is 5. The van der Waals surface area contributed by atoms with Crippen molar-refractivity contribution < 1.29 is 4.79 Å². The zero-order valence-corrected chi connectivity index (χ0v) is 12.1. The highest BCUT2D eigenvalue weighted by Crippen LogP contribution is 2.26. The van der Waals surface area contributed by atoms with E-state index in [2.05, 4.69) is 15.3 Å². The van der Waals surface area contributed by atoms with E-state index in [9.17, 15) is 4.79 Å². The van der Waals surface area contributed by atoms with E-state index in [1.165, 1.54) is 5.56 Å². The maximum atomic E-state index is 12.3. The lowest BCUT2D eigenvalue weighted by molar-refractivity contribution is -0.132. The normalized spacial score (nSPS) is 18.9. The summed E-state index contributed by atoms with van der Waals surface area (Å²) in [5, 5.41) is 11.0. The van der Waals surface area contributed by atoms with Crippen molar-refractivity contribution >= 4 is 5.91 Å². The minimum atomic E-state index is 0.260. The SMILES string of the molecule is O=C(CCCn1cccn1)N1CCCC(c2cn[nH]c2)C1. The van der Waals surface area contributed by atoms with E-state index in [-0.39, 0.29) is 5.91 Å². The van der Waals surface area contributed by atoms with Crippen LogP contribution in [0.5, 0.6) is 0 Å². The van der Waals surface area contributed by atoms with Crippen LogP contribution in [0.2, 0.25) is 0 Å². The minimum Gasteiger partial charge on any atom is -0.342 e. The summed E-state index contributed by atoms with van der Waals surface area (Å²) in [4.78, 5) is 14.3. The van der Waals surface area contributed by atoms with Gasteiger partial charge in [0.05, 0.1) is 6.20 Å². The molecular weight excluding hydrogens is 266 g/mol. The standard InChI is InChI=1S/C15H21N5O/c21-15(5-2-8-20-9-3-6-18-20)19-7-1-4-13(12-19)14-10-16-17-11-14/h3,6,9-11,13H,1-2,4-5,7-8,12H2,(H,16,17). The molecule has 112 valence electrons. The highest BCUT2D eigenvalue weighted by molar-refractivity contribution is 5.76. The topological polar surface area (TPSA) is 66.8 Å². The van der Waals surface area contributed by atoms with E-state index in [0.717, 1.165) is 38.9 Å². The molecule has 1 N–H and O–H groups in total. The lowest BCUT2D eigenvalue weighted by Crippen LogP contribution is -2.39. The van der Waals surface area contributed by atoms with Crippen molar-refractivity contribution in [2.45, 2.75) is 38.1 Å². The molecule has 21 heavy (non-hydrogen) atoms. The number of hydrogen-bond acceptors (Lipinski definition) is 3. The van der Waals surface area contributed by atoms with Crippen LogP contribution in [0.25, 0.3) is 0 Å². The van der Waals surface area contributed by atoms with Crippen LogP contribution < -0.4 is 0 Å². The average molecular weight is 287 g/mol. The predicted octanol–water partition coefficient (Wildman–Crippen LogP) is 1.79. The lowest BCUT2D eigenvalue weighted by atomic mass is 9.92. The summed E-state index contributed by atoms with van der Waals surface area (Å²) in [6.45, 7) is 2.51. The molecule has 0 spiro atoms. The Bertz CT molecular complexity index is 549. The zero-order chi connectivity index (χ0) is 14.5. The monoisotopic (exact) mass is 287 g/mol. The molecule has 2 aromatic heterocycles. The summed E-state index contributed by atoms with van der Waals surface area (Å²) < 4.78 is 1.87. The van der Waals surface area contributed by atoms with Crippen molar-refractivity contribution in [1.29, 1.82) is 0 Å². The van der Waals surface area contributed by atoms with Crippen LogP contribution >= 0.6 is 0 Å². The summed E-state index contributed by atoms with van der Waals surface area (Å²) in [7, 11) is 0. The van der Waals surface area contributed by atoms with Gasteiger partial charge in [-0.25, -0.2) is 0 Å². The van der Waals surface area contributed by atoms with Gasteiger partial charge in [-0.2, -0.15) is 10.2 Å². The van der Waals surface area contributed by atoms with Crippen LogP contribution in [0.15, 0.2) is 30.9 Å². The number of aromatic amines is 1. The van der Waals surface area contributed by atoms with E-state index >= 15 is 0 Å². The van der Waals surface area contributed by atoms with Gasteiger partial charge in [-0.3, -0.25) is 14.6 Å². The van der Waals surface area contributed by atoms with Crippen LogP contribution in [0, 0.1) is 0 Å². The van der Waals surface area contributed by atoms with Crippen LogP contribution in [-0.2, 0) is 11.3 Å². The number of piperidine rings is 1. The van der Waals surface area contributed by atoms with Gasteiger partial charge in [0, 0.05) is 50.6 Å². The maximum absolute atomic E-state index is 12.3. The first-order valence-electron chi connectivity index (χ1n) is 7.57. The molecule has 1 unspecified atom stereocenters. The third-order valence-electron chi connectivity index (χ3n) is 4.10. The largest absolute Gasteiger partial charge is 0.342 e. The molecule has 3 heterocycles. The number of H-pyrrole nitrogens is 1. The number of nitrogens with one attached hydrogen (secondary N) is 1. The van der Waals surface area contributed by atoms with Gasteiger partial charge in [0.15, 0.2) is 0 Å². The van der Waals surface area contributed by atoms with Crippen LogP contribution in [-0.4, -0.2) is 43.9 Å². The molecule has 1 fully saturated rings. The van der Waals surface area contributed by atoms with E-state index < -0.39 is 0 Å². The molecule has 0 bridgehead atoms. The van der Waals surface area contributed by atoms with Crippen LogP contribution in [0.1, 0.15) is 37.2 Å². The second kappa shape index (κ2) is 6.56. The van der Waals surface area contributed by atoms with Crippen molar-refractivity contribution in [3.8, 4) is 0 Å². The molecule has 3 rings (SSSR count). The Balaban J connectivity index is 1.48. The number of likely N-dealkylation sites (tertiary alicyclic amines) is 1. The second-order valence-electron chi connectivity index (χ2n) is 5.58. The summed E-state index contributed by atoms with van der Waals surface area (Å²) in [6, 6.07) is 1.90. The summed E-state index contributed by atoms with van der Waals surface area (Å²) in [6.07, 6.45) is 11.2. The highest BCUT2D eigenvalue weighted by atomic mass is 16.2. The van der Waals surface area contributed by atoms with Gasteiger partial charge < -0.3 is 4.90 Å². The van der Waals surface area contributed by atoms with Gasteiger partial charge >= 0.3 is 0 Å². The number of hydrogen-bond donors (Lipinski definition) is 1. The molecule has 0 aliphatic carbocycles. The molecule has 1 saturated heterocycles. The fourth-order valence-electron chi connectivity index (χ4n) is 2.94. The summed E-state index contributed by atoms with van der Waals surface area (Å²) in [5.74, 6) is 0.683. The fraction of sp³-hybridized carbons (Fsp3) is 0.533. The smallest absolute Gasteiger partial charge is 0.222 e. The number of carbonyl (C=O) groups is 1. The highest BCUT2D eigenvalue weighted by Gasteiger charge is 2.24. The van der Waals surface area contributed by atoms with Gasteiger partial charge in [-0.15, -0.1) is 0 Å². The maximum Gasteiger partial charge on any atom is 0.222 e. The van der Waals surface area contributed by atoms with E-state index in [0.29, 0.717) is 12.3 Å². The molecule has 1 aliphatic heterocycles. The number of aromatic nitrogens is 4. The van der Waals surface area contributed by atoms with Crippen LogP contribution in [0.3, 0.4) is 0 Å². The van der Waals surface area contributed by atoms with Crippen molar-refractivity contribution in [1.82, 2.24) is 24.9 Å². The third kappa shape index (κ3) is 3.51. The third-order valence-corrected chi connectivity index (χ3v) is 4.10. The molecule has 6 nitrogen and oxygen atoms in total. The predicted molar refractivity (Wildman–Crippen MR) is 78.6 cm³/mol. The fourth-order valence-corrected chi connectivity index (χ4v) is 2.94. The van der Waals surface area contributed by atoms with E-state index in [1.54, 1.807) is 6.20 Å². The van der Waals surface area contributed by atoms with Crippen molar-refractivity contribution in [2.24, 2.45) is 0 Å². The Kier molecular flexibility index (Phi) is 4.33. The molecule has 1 aliphatic rings. The molecule has 2 aromatic rings. The van der Waals surface area contributed by atoms with Gasteiger partial charge in [-0.05, 0) is 30.9 Å². The molecular formula is C15H21N5O. The number of amides is 1. The Hall–Kier alpha value is -2.11. The summed E-state index contributed by atoms with van der Waals surface area (Å²) >= 11 is 0. The Morgan fingerprint density at radius 1 is 1.48 bits per heavy atom. The summed E-state index contributed by atoms with van der Waals surface area (Å²) in [5.41, 5.74) is 1.21. The number of aryl methyl sites for hydroxylation is 1. The quantitative estimate of drug-likeness (QED) is 0.911. The minimum absolute atomic E-state index is 0.260. The van der Waals surface area contributed by atoms with Crippen molar-refractivity contribution in [2.75, 3.05) is 13.1 Å². The Morgan fingerprint density at radius 3 is 3.19 bits per heavy atom. The first kappa shape index (κ1) is 13.9. The number of carbonyl (C=O) groups excluding carboxylic acids is 1. The van der Waals surface area contributed by atoms with Gasteiger partial charge in [0.1, 0.15) is 0 Å². The molecule has 1 amide bonds. The van der Waals surface area contributed by atoms with Crippen molar-refractivity contribution in [3.63, 3.8) is 0 Å². The van der Waals surface area contributed by atoms with Gasteiger partial charge in [0.25, 0.3) is 0 Å².